The molecule has 0 amide bonds. The molecule has 3 nitrogen and oxygen atoms in total. The maximum Gasteiger partial charge on any atom is 0.0635 e. The van der Waals surface area contributed by atoms with Crippen LogP contribution in [0.4, 0.5) is 0 Å². The Morgan fingerprint density at radius 3 is 1.59 bits per heavy atom. The molecule has 4 heterocycles. The normalized spacial score (nSPS) is 12.4. The Hall–Kier alpha value is -5.54. The zero-order valence-electron chi connectivity index (χ0n) is 22.1. The highest BCUT2D eigenvalue weighted by atomic mass is 15.0. The average molecular weight is 522 g/mol. The molecule has 0 N–H and O–H groups in total. The van der Waals surface area contributed by atoms with Crippen LogP contribution in [-0.4, -0.2) is 13.5 Å². The van der Waals surface area contributed by atoms with Crippen LogP contribution in [0.15, 0.2) is 140 Å². The minimum atomic E-state index is 1.18. The molecule has 0 unspecified atom stereocenters. The summed E-state index contributed by atoms with van der Waals surface area (Å²) in [6, 6.07) is 48.6. The molecule has 3 heteroatoms. The van der Waals surface area contributed by atoms with Crippen LogP contribution in [0, 0.1) is 0 Å². The molecule has 41 heavy (non-hydrogen) atoms. The highest BCUT2D eigenvalue weighted by Crippen LogP contribution is 2.44. The largest absolute Gasteiger partial charge is 0.315 e. The SMILES string of the molecule is c1ccc(-n2c3ccccc3c3cc4c(cc32)c2cc3c5ccccc5n(-c5ccccc5)c3c3ccn4c23)cc1. The van der Waals surface area contributed by atoms with Gasteiger partial charge in [0.05, 0.1) is 33.1 Å². The van der Waals surface area contributed by atoms with Crippen LogP contribution in [-0.2, 0) is 0 Å². The van der Waals surface area contributed by atoms with E-state index >= 15 is 0 Å². The Labute approximate surface area is 235 Å². The predicted molar refractivity (Wildman–Crippen MR) is 172 cm³/mol. The quantitative estimate of drug-likeness (QED) is 0.215. The maximum atomic E-state index is 2.43. The van der Waals surface area contributed by atoms with Gasteiger partial charge in [0.1, 0.15) is 0 Å². The van der Waals surface area contributed by atoms with Gasteiger partial charge in [0, 0.05) is 55.3 Å². The fourth-order valence-electron chi connectivity index (χ4n) is 7.31. The summed E-state index contributed by atoms with van der Waals surface area (Å²) in [5.74, 6) is 0. The first-order valence-corrected chi connectivity index (χ1v) is 14.1. The average Bonchev–Trinajstić information content (AvgIpc) is 3.77. The van der Waals surface area contributed by atoms with Gasteiger partial charge < -0.3 is 13.5 Å². The topological polar surface area (TPSA) is 14.3 Å². The second kappa shape index (κ2) is 7.56. The number of hydrogen-bond acceptors (Lipinski definition) is 0. The summed E-state index contributed by atoms with van der Waals surface area (Å²) in [4.78, 5) is 0. The molecule has 0 fully saturated rings. The highest BCUT2D eigenvalue weighted by molar-refractivity contribution is 6.29. The van der Waals surface area contributed by atoms with E-state index in [1.54, 1.807) is 0 Å². The zero-order valence-corrected chi connectivity index (χ0v) is 22.1. The van der Waals surface area contributed by atoms with Gasteiger partial charge in [-0.25, -0.2) is 0 Å². The van der Waals surface area contributed by atoms with E-state index in [1.165, 1.54) is 82.2 Å². The summed E-state index contributed by atoms with van der Waals surface area (Å²) in [5, 5.41) is 9.01. The number of hydrogen-bond donors (Lipinski definition) is 0. The van der Waals surface area contributed by atoms with Crippen molar-refractivity contribution in [2.45, 2.75) is 0 Å². The molecule has 0 saturated carbocycles. The second-order valence-corrected chi connectivity index (χ2v) is 11.0. The van der Waals surface area contributed by atoms with Gasteiger partial charge in [-0.15, -0.1) is 0 Å². The standard InChI is InChI=1S/C38H23N3/c1-3-11-24(12-4-1)40-33-17-9-7-15-26(33)29-22-35-30(23-36(29)40)32-21-31-27-16-8-10-18-34(27)41(25-13-5-2-6-14-25)38(31)28-19-20-39(35)37(28)32/h1-23H. The summed E-state index contributed by atoms with van der Waals surface area (Å²) in [6.45, 7) is 0. The van der Waals surface area contributed by atoms with Crippen LogP contribution in [0.2, 0.25) is 0 Å². The Balaban J connectivity index is 1.41. The number of benzene rings is 6. The Bertz CT molecular complexity index is 2610. The zero-order chi connectivity index (χ0) is 26.7. The van der Waals surface area contributed by atoms with Crippen molar-refractivity contribution in [2.24, 2.45) is 0 Å². The molecule has 0 radical (unpaired) electrons. The monoisotopic (exact) mass is 521 g/mol. The number of aromatic nitrogens is 3. The number of para-hydroxylation sites is 4. The van der Waals surface area contributed by atoms with E-state index in [9.17, 15) is 0 Å². The molecule has 0 bridgehead atoms. The molecule has 10 aromatic rings. The van der Waals surface area contributed by atoms with Crippen LogP contribution >= 0.6 is 0 Å². The summed E-state index contributed by atoms with van der Waals surface area (Å²) < 4.78 is 7.25. The predicted octanol–water partition coefficient (Wildman–Crippen LogP) is 9.88. The number of nitrogens with zero attached hydrogens (tertiary/aromatic N) is 3. The molecule has 0 aliphatic heterocycles. The van der Waals surface area contributed by atoms with Crippen LogP contribution in [0.5, 0.6) is 0 Å². The van der Waals surface area contributed by atoms with Crippen LogP contribution in [0.3, 0.4) is 0 Å². The van der Waals surface area contributed by atoms with Crippen molar-refractivity contribution in [3.8, 4) is 11.4 Å². The van der Waals surface area contributed by atoms with Crippen molar-refractivity contribution in [1.82, 2.24) is 13.5 Å². The first kappa shape index (κ1) is 21.3. The molecule has 0 aliphatic carbocycles. The van der Waals surface area contributed by atoms with Crippen molar-refractivity contribution >= 4 is 70.8 Å². The number of rotatable bonds is 2. The van der Waals surface area contributed by atoms with Crippen LogP contribution in [0.1, 0.15) is 0 Å². The van der Waals surface area contributed by atoms with E-state index < -0.39 is 0 Å². The fourth-order valence-corrected chi connectivity index (χ4v) is 7.31. The van der Waals surface area contributed by atoms with Crippen molar-refractivity contribution < 1.29 is 0 Å². The van der Waals surface area contributed by atoms with Crippen molar-refractivity contribution in [2.75, 3.05) is 0 Å². The minimum Gasteiger partial charge on any atom is -0.315 e. The third-order valence-corrected chi connectivity index (χ3v) is 8.97. The van der Waals surface area contributed by atoms with Crippen molar-refractivity contribution in [1.29, 1.82) is 0 Å². The van der Waals surface area contributed by atoms with Gasteiger partial charge in [-0.3, -0.25) is 0 Å². The Morgan fingerprint density at radius 2 is 0.854 bits per heavy atom. The number of fused-ring (bicyclic) bond motifs is 10. The van der Waals surface area contributed by atoms with Gasteiger partial charge in [0.2, 0.25) is 0 Å². The minimum absolute atomic E-state index is 1.18. The summed E-state index contributed by atoms with van der Waals surface area (Å²) in [6.07, 6.45) is 2.26. The van der Waals surface area contributed by atoms with Crippen molar-refractivity contribution in [3.63, 3.8) is 0 Å². The Kier molecular flexibility index (Phi) is 3.93. The van der Waals surface area contributed by atoms with Crippen LogP contribution < -0.4 is 0 Å². The molecule has 0 atom stereocenters. The molecular formula is C38H23N3. The molecule has 10 rings (SSSR count). The fraction of sp³-hybridized carbons (Fsp3) is 0. The lowest BCUT2D eigenvalue weighted by molar-refractivity contribution is 1.18. The lowest BCUT2D eigenvalue weighted by atomic mass is 10.0. The van der Waals surface area contributed by atoms with E-state index in [0.29, 0.717) is 0 Å². The second-order valence-electron chi connectivity index (χ2n) is 11.0. The van der Waals surface area contributed by atoms with Gasteiger partial charge >= 0.3 is 0 Å². The van der Waals surface area contributed by atoms with Gasteiger partial charge in [0.25, 0.3) is 0 Å². The lowest BCUT2D eigenvalue weighted by Crippen LogP contribution is -1.93. The highest BCUT2D eigenvalue weighted by Gasteiger charge is 2.22. The molecule has 0 saturated heterocycles. The molecule has 0 spiro atoms. The van der Waals surface area contributed by atoms with E-state index in [-0.39, 0.29) is 0 Å². The van der Waals surface area contributed by atoms with Crippen LogP contribution in [0.25, 0.3) is 82.2 Å². The molecular weight excluding hydrogens is 498 g/mol. The van der Waals surface area contributed by atoms with E-state index in [2.05, 4.69) is 153 Å². The van der Waals surface area contributed by atoms with Crippen molar-refractivity contribution in [3.05, 3.63) is 140 Å². The van der Waals surface area contributed by atoms with E-state index in [0.717, 1.165) is 0 Å². The summed E-state index contributed by atoms with van der Waals surface area (Å²) in [7, 11) is 0. The smallest absolute Gasteiger partial charge is 0.0635 e. The summed E-state index contributed by atoms with van der Waals surface area (Å²) >= 11 is 0. The van der Waals surface area contributed by atoms with Gasteiger partial charge in [-0.1, -0.05) is 72.8 Å². The first-order valence-electron chi connectivity index (χ1n) is 14.1. The molecule has 4 aromatic heterocycles. The third-order valence-electron chi connectivity index (χ3n) is 8.97. The summed E-state index contributed by atoms with van der Waals surface area (Å²) in [5.41, 5.74) is 9.89. The third kappa shape index (κ3) is 2.63. The molecule has 6 aromatic carbocycles. The van der Waals surface area contributed by atoms with Gasteiger partial charge in [0.15, 0.2) is 0 Å². The maximum absolute atomic E-state index is 2.43. The van der Waals surface area contributed by atoms with E-state index in [4.69, 9.17) is 0 Å². The molecule has 0 aliphatic rings. The molecule has 190 valence electrons. The Morgan fingerprint density at radius 1 is 0.317 bits per heavy atom. The van der Waals surface area contributed by atoms with E-state index in [1.807, 2.05) is 0 Å². The van der Waals surface area contributed by atoms with Gasteiger partial charge in [-0.2, -0.15) is 0 Å². The first-order chi connectivity index (χ1) is 20.4. The van der Waals surface area contributed by atoms with Gasteiger partial charge in [-0.05, 0) is 60.7 Å². The lowest BCUT2D eigenvalue weighted by Gasteiger charge is -2.08.